The van der Waals surface area contributed by atoms with Crippen LogP contribution in [0.1, 0.15) is 19.4 Å². The van der Waals surface area contributed by atoms with Gasteiger partial charge in [-0.25, -0.2) is 9.67 Å². The summed E-state index contributed by atoms with van der Waals surface area (Å²) < 4.78 is 1.78. The zero-order valence-corrected chi connectivity index (χ0v) is 12.8. The van der Waals surface area contributed by atoms with Gasteiger partial charge in [-0.3, -0.25) is 0 Å². The summed E-state index contributed by atoms with van der Waals surface area (Å²) in [7, 11) is 0. The standard InChI is InChI=1S/C16H17ClN4/c1-11(2)18-8-12-7-14(17)16(19-9-12)21-15-6-4-3-5-13(15)10-20-21/h3-7,9-11,18H,8H2,1-2H3. The lowest BCUT2D eigenvalue weighted by Gasteiger charge is -2.10. The minimum Gasteiger partial charge on any atom is -0.310 e. The molecule has 0 aliphatic heterocycles. The Kier molecular flexibility index (Phi) is 3.90. The number of hydrogen-bond acceptors (Lipinski definition) is 3. The highest BCUT2D eigenvalue weighted by molar-refractivity contribution is 6.32. The second-order valence-corrected chi connectivity index (χ2v) is 5.71. The number of halogens is 1. The molecule has 0 unspecified atom stereocenters. The van der Waals surface area contributed by atoms with Gasteiger partial charge in [0.1, 0.15) is 0 Å². The smallest absolute Gasteiger partial charge is 0.172 e. The van der Waals surface area contributed by atoms with Crippen LogP contribution in [-0.4, -0.2) is 20.8 Å². The van der Waals surface area contributed by atoms with Crippen LogP contribution >= 0.6 is 11.6 Å². The van der Waals surface area contributed by atoms with E-state index in [4.69, 9.17) is 11.6 Å². The number of fused-ring (bicyclic) bond motifs is 1. The van der Waals surface area contributed by atoms with Gasteiger partial charge in [0.05, 0.1) is 16.7 Å². The van der Waals surface area contributed by atoms with Gasteiger partial charge in [0.2, 0.25) is 0 Å². The quantitative estimate of drug-likeness (QED) is 0.801. The van der Waals surface area contributed by atoms with Gasteiger partial charge < -0.3 is 5.32 Å². The molecule has 2 heterocycles. The van der Waals surface area contributed by atoms with Crippen LogP contribution in [0.25, 0.3) is 16.7 Å². The number of aromatic nitrogens is 3. The Hall–Kier alpha value is -1.91. The van der Waals surface area contributed by atoms with E-state index in [2.05, 4.69) is 29.2 Å². The van der Waals surface area contributed by atoms with Gasteiger partial charge in [0, 0.05) is 24.2 Å². The van der Waals surface area contributed by atoms with E-state index >= 15 is 0 Å². The third-order valence-electron chi connectivity index (χ3n) is 3.27. The molecule has 0 bridgehead atoms. The van der Waals surface area contributed by atoms with Crippen molar-refractivity contribution in [1.82, 2.24) is 20.1 Å². The molecule has 108 valence electrons. The Balaban J connectivity index is 1.96. The molecule has 0 saturated heterocycles. The number of rotatable bonds is 4. The van der Waals surface area contributed by atoms with Gasteiger partial charge in [-0.1, -0.05) is 43.6 Å². The number of pyridine rings is 1. The van der Waals surface area contributed by atoms with Crippen LogP contribution in [0.2, 0.25) is 5.02 Å². The lowest BCUT2D eigenvalue weighted by molar-refractivity contribution is 0.588. The van der Waals surface area contributed by atoms with E-state index in [1.165, 1.54) is 0 Å². The molecule has 0 aliphatic rings. The topological polar surface area (TPSA) is 42.7 Å². The van der Waals surface area contributed by atoms with Gasteiger partial charge in [-0.15, -0.1) is 0 Å². The Bertz CT molecular complexity index is 764. The maximum atomic E-state index is 6.39. The second kappa shape index (κ2) is 5.84. The number of nitrogens with zero attached hydrogens (tertiary/aromatic N) is 3. The monoisotopic (exact) mass is 300 g/mol. The summed E-state index contributed by atoms with van der Waals surface area (Å²) in [5.74, 6) is 0.658. The zero-order valence-electron chi connectivity index (χ0n) is 12.0. The fraction of sp³-hybridized carbons (Fsp3) is 0.250. The molecule has 2 aromatic heterocycles. The summed E-state index contributed by atoms with van der Waals surface area (Å²) in [6, 6.07) is 10.4. The highest BCUT2D eigenvalue weighted by Gasteiger charge is 2.10. The largest absolute Gasteiger partial charge is 0.310 e. The van der Waals surface area contributed by atoms with Crippen LogP contribution in [0.4, 0.5) is 0 Å². The lowest BCUT2D eigenvalue weighted by Crippen LogP contribution is -2.22. The van der Waals surface area contributed by atoms with E-state index in [1.807, 2.05) is 42.7 Å². The molecule has 0 saturated carbocycles. The van der Waals surface area contributed by atoms with E-state index in [0.717, 1.165) is 23.0 Å². The zero-order chi connectivity index (χ0) is 14.8. The van der Waals surface area contributed by atoms with Crippen molar-refractivity contribution in [2.75, 3.05) is 0 Å². The molecular formula is C16H17ClN4. The average Bonchev–Trinajstić information content (AvgIpc) is 2.89. The van der Waals surface area contributed by atoms with Crippen molar-refractivity contribution in [3.05, 3.63) is 53.3 Å². The summed E-state index contributed by atoms with van der Waals surface area (Å²) in [6.45, 7) is 4.98. The summed E-state index contributed by atoms with van der Waals surface area (Å²) in [5, 5.41) is 9.41. The molecule has 0 fully saturated rings. The van der Waals surface area contributed by atoms with Gasteiger partial charge >= 0.3 is 0 Å². The van der Waals surface area contributed by atoms with Gasteiger partial charge in [0.15, 0.2) is 5.82 Å². The summed E-state index contributed by atoms with van der Waals surface area (Å²) in [6.07, 6.45) is 3.66. The molecule has 3 aromatic rings. The second-order valence-electron chi connectivity index (χ2n) is 5.30. The summed E-state index contributed by atoms with van der Waals surface area (Å²) >= 11 is 6.39. The molecule has 0 amide bonds. The van der Waals surface area contributed by atoms with Crippen LogP contribution in [0.3, 0.4) is 0 Å². The Labute approximate surface area is 128 Å². The van der Waals surface area contributed by atoms with E-state index in [0.29, 0.717) is 16.9 Å². The normalized spacial score (nSPS) is 11.4. The number of hydrogen-bond donors (Lipinski definition) is 1. The lowest BCUT2D eigenvalue weighted by atomic mass is 10.2. The molecule has 3 rings (SSSR count). The highest BCUT2D eigenvalue weighted by atomic mass is 35.5. The van der Waals surface area contributed by atoms with Crippen molar-refractivity contribution in [2.24, 2.45) is 0 Å². The number of nitrogens with one attached hydrogen (secondary N) is 1. The van der Waals surface area contributed by atoms with Crippen molar-refractivity contribution in [1.29, 1.82) is 0 Å². The average molecular weight is 301 g/mol. The Morgan fingerprint density at radius 3 is 2.81 bits per heavy atom. The van der Waals surface area contributed by atoms with Crippen molar-refractivity contribution >= 4 is 22.5 Å². The summed E-state index contributed by atoms with van der Waals surface area (Å²) in [4.78, 5) is 4.48. The first kappa shape index (κ1) is 14.0. The number of para-hydroxylation sites is 1. The third kappa shape index (κ3) is 2.91. The van der Waals surface area contributed by atoms with Crippen LogP contribution in [0.5, 0.6) is 0 Å². The van der Waals surface area contributed by atoms with Crippen molar-refractivity contribution < 1.29 is 0 Å². The fourth-order valence-corrected chi connectivity index (χ4v) is 2.45. The van der Waals surface area contributed by atoms with E-state index in [1.54, 1.807) is 4.68 Å². The number of benzene rings is 1. The van der Waals surface area contributed by atoms with Crippen molar-refractivity contribution in [2.45, 2.75) is 26.4 Å². The first-order valence-corrected chi connectivity index (χ1v) is 7.34. The molecule has 1 aromatic carbocycles. The van der Waals surface area contributed by atoms with Gasteiger partial charge in [-0.2, -0.15) is 5.10 Å². The molecule has 5 heteroatoms. The van der Waals surface area contributed by atoms with Crippen LogP contribution in [0.15, 0.2) is 42.7 Å². The SMILES string of the molecule is CC(C)NCc1cnc(-n2ncc3ccccc32)c(Cl)c1. The van der Waals surface area contributed by atoms with E-state index in [9.17, 15) is 0 Å². The minimum absolute atomic E-state index is 0.429. The van der Waals surface area contributed by atoms with Gasteiger partial charge in [-0.05, 0) is 17.7 Å². The van der Waals surface area contributed by atoms with Crippen LogP contribution < -0.4 is 5.32 Å². The first-order valence-electron chi connectivity index (χ1n) is 6.96. The Morgan fingerprint density at radius 2 is 2.05 bits per heavy atom. The highest BCUT2D eigenvalue weighted by Crippen LogP contribution is 2.23. The predicted molar refractivity (Wildman–Crippen MR) is 85.9 cm³/mol. The molecule has 4 nitrogen and oxygen atoms in total. The van der Waals surface area contributed by atoms with Crippen LogP contribution in [0, 0.1) is 0 Å². The van der Waals surface area contributed by atoms with E-state index in [-0.39, 0.29) is 0 Å². The summed E-state index contributed by atoms with van der Waals surface area (Å²) in [5.41, 5.74) is 2.06. The molecule has 21 heavy (non-hydrogen) atoms. The maximum absolute atomic E-state index is 6.39. The molecular weight excluding hydrogens is 284 g/mol. The maximum Gasteiger partial charge on any atom is 0.172 e. The van der Waals surface area contributed by atoms with E-state index < -0.39 is 0 Å². The molecule has 0 atom stereocenters. The first-order chi connectivity index (χ1) is 10.1. The Morgan fingerprint density at radius 1 is 1.24 bits per heavy atom. The molecule has 0 aliphatic carbocycles. The van der Waals surface area contributed by atoms with Gasteiger partial charge in [0.25, 0.3) is 0 Å². The van der Waals surface area contributed by atoms with Crippen molar-refractivity contribution in [3.63, 3.8) is 0 Å². The third-order valence-corrected chi connectivity index (χ3v) is 3.55. The molecule has 1 N–H and O–H groups in total. The predicted octanol–water partition coefficient (Wildman–Crippen LogP) is 3.57. The fourth-order valence-electron chi connectivity index (χ4n) is 2.19. The van der Waals surface area contributed by atoms with Crippen molar-refractivity contribution in [3.8, 4) is 5.82 Å². The minimum atomic E-state index is 0.429. The molecule has 0 spiro atoms. The van der Waals surface area contributed by atoms with Crippen LogP contribution in [-0.2, 0) is 6.54 Å². The molecule has 0 radical (unpaired) electrons.